The Balaban J connectivity index is 1.62. The normalized spacial score (nSPS) is 11.6. The number of carbonyl (C=O) groups is 1. The lowest BCUT2D eigenvalue weighted by Gasteiger charge is -2.19. The van der Waals surface area contributed by atoms with Gasteiger partial charge in [-0.05, 0) is 48.0 Å². The third kappa shape index (κ3) is 4.14. The Bertz CT molecular complexity index is 1100. The Morgan fingerprint density at radius 2 is 1.90 bits per heavy atom. The molecular weight excluding hydrogens is 366 g/mol. The molecule has 3 aromatic heterocycles. The van der Waals surface area contributed by atoms with Gasteiger partial charge in [0.15, 0.2) is 5.69 Å². The van der Waals surface area contributed by atoms with Crippen LogP contribution in [0.5, 0.6) is 5.75 Å². The number of hydrogen-bond donors (Lipinski definition) is 1. The molecule has 144 valence electrons. The molecule has 0 aliphatic carbocycles. The van der Waals surface area contributed by atoms with Crippen molar-refractivity contribution in [3.63, 3.8) is 0 Å². The zero-order valence-electron chi connectivity index (χ0n) is 15.8. The molecule has 3 heterocycles. The van der Waals surface area contributed by atoms with Gasteiger partial charge in [-0.25, -0.2) is 4.68 Å². The highest BCUT2D eigenvalue weighted by molar-refractivity contribution is 5.92. The number of amides is 1. The van der Waals surface area contributed by atoms with Crippen molar-refractivity contribution in [2.45, 2.75) is 6.04 Å². The lowest BCUT2D eigenvalue weighted by Crippen LogP contribution is -2.30. The highest BCUT2D eigenvalue weighted by Gasteiger charge is 2.21. The average molecular weight is 385 g/mol. The molecule has 29 heavy (non-hydrogen) atoms. The van der Waals surface area contributed by atoms with Crippen molar-refractivity contribution in [3.05, 3.63) is 102 Å². The van der Waals surface area contributed by atoms with Crippen LogP contribution in [0.15, 0.2) is 85.5 Å². The molecule has 0 saturated heterocycles. The summed E-state index contributed by atoms with van der Waals surface area (Å²) in [6.07, 6.45) is 6.80. The minimum absolute atomic E-state index is 0.295. The second kappa shape index (κ2) is 8.35. The quantitative estimate of drug-likeness (QED) is 0.551. The van der Waals surface area contributed by atoms with Gasteiger partial charge in [0.2, 0.25) is 0 Å². The Morgan fingerprint density at radius 3 is 2.66 bits per heavy atom. The van der Waals surface area contributed by atoms with Crippen molar-refractivity contribution >= 4 is 5.91 Å². The summed E-state index contributed by atoms with van der Waals surface area (Å²) in [5.74, 6) is 0.413. The first-order valence-corrected chi connectivity index (χ1v) is 9.06. The van der Waals surface area contributed by atoms with Crippen molar-refractivity contribution in [1.82, 2.24) is 25.1 Å². The molecule has 0 saturated carbocycles. The molecule has 1 amide bonds. The lowest BCUT2D eigenvalue weighted by atomic mass is 10.0. The largest absolute Gasteiger partial charge is 0.497 e. The summed E-state index contributed by atoms with van der Waals surface area (Å²) in [5.41, 5.74) is 2.73. The van der Waals surface area contributed by atoms with Crippen molar-refractivity contribution in [2.75, 3.05) is 7.11 Å². The standard InChI is InChI=1S/C22H19N5O2/c1-29-18-6-4-5-16(15-18)21(19-7-2-3-11-24-19)25-22(28)20-10-14-27(26-20)17-8-12-23-13-9-17/h2-15,21H,1H3,(H,25,28). The highest BCUT2D eigenvalue weighted by atomic mass is 16.5. The van der Waals surface area contributed by atoms with E-state index in [9.17, 15) is 4.79 Å². The van der Waals surface area contributed by atoms with Crippen molar-refractivity contribution in [2.24, 2.45) is 0 Å². The van der Waals surface area contributed by atoms with Crippen LogP contribution in [0.25, 0.3) is 5.69 Å². The van der Waals surface area contributed by atoms with Gasteiger partial charge < -0.3 is 10.1 Å². The van der Waals surface area contributed by atoms with Gasteiger partial charge >= 0.3 is 0 Å². The molecule has 1 N–H and O–H groups in total. The van der Waals surface area contributed by atoms with Crippen LogP contribution in [0.1, 0.15) is 27.8 Å². The van der Waals surface area contributed by atoms with Crippen LogP contribution in [0.2, 0.25) is 0 Å². The predicted molar refractivity (Wildman–Crippen MR) is 108 cm³/mol. The first-order chi connectivity index (χ1) is 14.2. The highest BCUT2D eigenvalue weighted by Crippen LogP contribution is 2.24. The summed E-state index contributed by atoms with van der Waals surface area (Å²) in [4.78, 5) is 21.4. The molecule has 0 aliphatic rings. The van der Waals surface area contributed by atoms with Gasteiger partial charge in [-0.1, -0.05) is 18.2 Å². The lowest BCUT2D eigenvalue weighted by molar-refractivity contribution is 0.0936. The maximum Gasteiger partial charge on any atom is 0.272 e. The number of rotatable bonds is 6. The van der Waals surface area contributed by atoms with Crippen molar-refractivity contribution in [1.29, 1.82) is 0 Å². The Labute approximate surface area is 168 Å². The van der Waals surface area contributed by atoms with Crippen LogP contribution in [-0.4, -0.2) is 32.8 Å². The summed E-state index contributed by atoms with van der Waals surface area (Å²) in [6.45, 7) is 0. The molecule has 4 aromatic rings. The number of aromatic nitrogens is 4. The van der Waals surface area contributed by atoms with Crippen LogP contribution in [-0.2, 0) is 0 Å². The Hall–Kier alpha value is -4.00. The maximum absolute atomic E-state index is 12.9. The van der Waals surface area contributed by atoms with E-state index < -0.39 is 6.04 Å². The van der Waals surface area contributed by atoms with E-state index in [1.807, 2.05) is 54.6 Å². The number of ether oxygens (including phenoxy) is 1. The van der Waals surface area contributed by atoms with Gasteiger partial charge in [0.1, 0.15) is 5.75 Å². The molecule has 0 radical (unpaired) electrons. The summed E-state index contributed by atoms with van der Waals surface area (Å²) < 4.78 is 6.97. The molecule has 7 heteroatoms. The van der Waals surface area contributed by atoms with Crippen LogP contribution < -0.4 is 10.1 Å². The fraction of sp³-hybridized carbons (Fsp3) is 0.0909. The number of nitrogens with zero attached hydrogens (tertiary/aromatic N) is 4. The molecule has 1 aromatic carbocycles. The summed E-state index contributed by atoms with van der Waals surface area (Å²) in [6, 6.07) is 18.0. The van der Waals surface area contributed by atoms with E-state index in [2.05, 4.69) is 20.4 Å². The summed E-state index contributed by atoms with van der Waals surface area (Å²) in [5, 5.41) is 7.42. The van der Waals surface area contributed by atoms with E-state index in [0.717, 1.165) is 16.9 Å². The van der Waals surface area contributed by atoms with E-state index in [-0.39, 0.29) is 5.91 Å². The Kier molecular flexibility index (Phi) is 5.29. The van der Waals surface area contributed by atoms with Crippen molar-refractivity contribution in [3.8, 4) is 11.4 Å². The number of carbonyl (C=O) groups excluding carboxylic acids is 1. The molecule has 0 fully saturated rings. The van der Waals surface area contributed by atoms with Gasteiger partial charge in [0.25, 0.3) is 5.91 Å². The smallest absolute Gasteiger partial charge is 0.272 e. The zero-order chi connectivity index (χ0) is 20.1. The molecule has 0 spiro atoms. The fourth-order valence-electron chi connectivity index (χ4n) is 2.99. The van der Waals surface area contributed by atoms with Gasteiger partial charge in [-0.2, -0.15) is 5.10 Å². The molecule has 4 rings (SSSR count). The second-order valence-electron chi connectivity index (χ2n) is 6.29. The van der Waals surface area contributed by atoms with Crippen LogP contribution >= 0.6 is 0 Å². The molecule has 1 atom stereocenters. The average Bonchev–Trinajstić information content (AvgIpc) is 3.29. The number of hydrogen-bond acceptors (Lipinski definition) is 5. The fourth-order valence-corrected chi connectivity index (χ4v) is 2.99. The van der Waals surface area contributed by atoms with E-state index >= 15 is 0 Å². The van der Waals surface area contributed by atoms with Crippen molar-refractivity contribution < 1.29 is 9.53 Å². The zero-order valence-corrected chi connectivity index (χ0v) is 15.8. The third-order valence-electron chi connectivity index (χ3n) is 4.44. The number of methoxy groups -OCH3 is 1. The van der Waals surface area contributed by atoms with Crippen LogP contribution in [0.3, 0.4) is 0 Å². The molecule has 1 unspecified atom stereocenters. The summed E-state index contributed by atoms with van der Waals surface area (Å²) in [7, 11) is 1.61. The van der Waals surface area contributed by atoms with Gasteiger partial charge in [-0.15, -0.1) is 0 Å². The number of nitrogens with one attached hydrogen (secondary N) is 1. The van der Waals surface area contributed by atoms with Crippen LogP contribution in [0.4, 0.5) is 0 Å². The summed E-state index contributed by atoms with van der Waals surface area (Å²) >= 11 is 0. The number of pyridine rings is 2. The maximum atomic E-state index is 12.9. The minimum atomic E-state index is -0.440. The van der Waals surface area contributed by atoms with Crippen LogP contribution in [0, 0.1) is 0 Å². The monoisotopic (exact) mass is 385 g/mol. The number of benzene rings is 1. The van der Waals surface area contributed by atoms with Gasteiger partial charge in [0.05, 0.1) is 24.5 Å². The molecule has 0 aliphatic heterocycles. The first kappa shape index (κ1) is 18.4. The van der Waals surface area contributed by atoms with E-state index in [0.29, 0.717) is 11.4 Å². The van der Waals surface area contributed by atoms with E-state index in [1.165, 1.54) is 0 Å². The predicted octanol–water partition coefficient (Wildman–Crippen LogP) is 3.19. The van der Waals surface area contributed by atoms with E-state index in [4.69, 9.17) is 4.74 Å². The minimum Gasteiger partial charge on any atom is -0.497 e. The third-order valence-corrected chi connectivity index (χ3v) is 4.44. The van der Waals surface area contributed by atoms with Gasteiger partial charge in [-0.3, -0.25) is 14.8 Å². The first-order valence-electron chi connectivity index (χ1n) is 9.06. The molecule has 0 bridgehead atoms. The second-order valence-corrected chi connectivity index (χ2v) is 6.29. The Morgan fingerprint density at radius 1 is 1.03 bits per heavy atom. The SMILES string of the molecule is COc1cccc(C(NC(=O)c2ccn(-c3ccncc3)n2)c2ccccn2)c1. The topological polar surface area (TPSA) is 81.9 Å². The molecular formula is C22H19N5O2. The molecule has 7 nitrogen and oxygen atoms in total. The van der Waals surface area contributed by atoms with Gasteiger partial charge in [0, 0.05) is 24.8 Å². The van der Waals surface area contributed by atoms with E-state index in [1.54, 1.807) is 42.6 Å².